The number of hydrogen-bond acceptors (Lipinski definition) is 1. The number of fused-ring (bicyclic) bond motifs is 1. The lowest BCUT2D eigenvalue weighted by atomic mass is 9.93. The highest BCUT2D eigenvalue weighted by molar-refractivity contribution is 5.54. The molecule has 1 aliphatic heterocycles. The summed E-state index contributed by atoms with van der Waals surface area (Å²) in [6.45, 7) is 3.37. The molecule has 0 radical (unpaired) electrons. The van der Waals surface area contributed by atoms with Crippen LogP contribution in [0.1, 0.15) is 36.8 Å². The lowest BCUT2D eigenvalue weighted by Gasteiger charge is -2.22. The number of benzene rings is 1. The summed E-state index contributed by atoms with van der Waals surface area (Å²) in [5, 5.41) is 3.66. The predicted octanol–water partition coefficient (Wildman–Crippen LogP) is 3.52. The van der Waals surface area contributed by atoms with Crippen LogP contribution in [0, 0.1) is 12.3 Å². The molecular weight excluding hydrogens is 182 g/mol. The summed E-state index contributed by atoms with van der Waals surface area (Å²) >= 11 is 0. The van der Waals surface area contributed by atoms with Crippen LogP contribution in [0.2, 0.25) is 0 Å². The third kappa shape index (κ3) is 1.75. The Hall–Kier alpha value is -0.980. The quantitative estimate of drug-likeness (QED) is 0.677. The highest BCUT2D eigenvalue weighted by Crippen LogP contribution is 2.50. The van der Waals surface area contributed by atoms with Crippen molar-refractivity contribution < 1.29 is 0 Å². The normalized spacial score (nSPS) is 22.5. The molecule has 0 saturated heterocycles. The smallest absolute Gasteiger partial charge is 0.0375 e. The third-order valence-electron chi connectivity index (χ3n) is 4.03. The fourth-order valence-corrected chi connectivity index (χ4v) is 2.70. The molecule has 0 aromatic heterocycles. The molecule has 3 rings (SSSR count). The molecule has 2 aliphatic rings. The Labute approximate surface area is 91.9 Å². The van der Waals surface area contributed by atoms with E-state index in [4.69, 9.17) is 0 Å². The fourth-order valence-electron chi connectivity index (χ4n) is 2.70. The van der Waals surface area contributed by atoms with Crippen molar-refractivity contribution in [3.05, 3.63) is 29.3 Å². The van der Waals surface area contributed by atoms with Crippen LogP contribution in [-0.4, -0.2) is 6.54 Å². The van der Waals surface area contributed by atoms with Crippen LogP contribution in [0.15, 0.2) is 18.2 Å². The first-order chi connectivity index (χ1) is 7.27. The molecule has 1 saturated carbocycles. The van der Waals surface area contributed by atoms with Crippen molar-refractivity contribution in [1.29, 1.82) is 0 Å². The first-order valence-corrected chi connectivity index (χ1v) is 6.11. The largest absolute Gasteiger partial charge is 0.384 e. The van der Waals surface area contributed by atoms with Crippen molar-refractivity contribution in [1.82, 2.24) is 0 Å². The van der Waals surface area contributed by atoms with Gasteiger partial charge in [0.2, 0.25) is 0 Å². The van der Waals surface area contributed by atoms with Crippen molar-refractivity contribution >= 4 is 5.69 Å². The Kier molecular flexibility index (Phi) is 2.01. The molecule has 1 fully saturated rings. The monoisotopic (exact) mass is 201 g/mol. The van der Waals surface area contributed by atoms with Gasteiger partial charge in [-0.05, 0) is 61.6 Å². The zero-order chi connectivity index (χ0) is 10.3. The van der Waals surface area contributed by atoms with Crippen molar-refractivity contribution in [2.75, 3.05) is 11.9 Å². The van der Waals surface area contributed by atoms with Crippen LogP contribution >= 0.6 is 0 Å². The van der Waals surface area contributed by atoms with Gasteiger partial charge >= 0.3 is 0 Å². The average Bonchev–Trinajstić information content (AvgIpc) is 2.96. The Morgan fingerprint density at radius 2 is 2.07 bits per heavy atom. The van der Waals surface area contributed by atoms with Gasteiger partial charge < -0.3 is 5.32 Å². The Balaban J connectivity index is 1.88. The highest BCUT2D eigenvalue weighted by Gasteiger charge is 2.42. The number of aryl methyl sites for hydroxylation is 2. The second-order valence-corrected chi connectivity index (χ2v) is 5.37. The van der Waals surface area contributed by atoms with Crippen molar-refractivity contribution in [2.24, 2.45) is 5.41 Å². The van der Waals surface area contributed by atoms with Crippen LogP contribution in [0.25, 0.3) is 0 Å². The molecule has 0 bridgehead atoms. The second-order valence-electron chi connectivity index (χ2n) is 5.37. The van der Waals surface area contributed by atoms with Crippen LogP contribution in [0.4, 0.5) is 5.69 Å². The Morgan fingerprint density at radius 3 is 2.87 bits per heavy atom. The third-order valence-corrected chi connectivity index (χ3v) is 4.03. The summed E-state index contributed by atoms with van der Waals surface area (Å²) in [6, 6.07) is 6.83. The lowest BCUT2D eigenvalue weighted by molar-refractivity contribution is 0.467. The first-order valence-electron chi connectivity index (χ1n) is 6.11. The number of anilines is 1. The van der Waals surface area contributed by atoms with Crippen molar-refractivity contribution in [2.45, 2.75) is 39.0 Å². The maximum atomic E-state index is 3.66. The Bertz CT molecular complexity index is 377. The minimum Gasteiger partial charge on any atom is -0.384 e. The zero-order valence-corrected chi connectivity index (χ0v) is 9.47. The van der Waals surface area contributed by atoms with Crippen molar-refractivity contribution in [3.63, 3.8) is 0 Å². The fraction of sp³-hybridized carbons (Fsp3) is 0.571. The molecule has 1 spiro atoms. The summed E-state index contributed by atoms with van der Waals surface area (Å²) in [5.74, 6) is 0. The number of rotatable bonds is 0. The molecule has 80 valence electrons. The van der Waals surface area contributed by atoms with Gasteiger partial charge in [0.15, 0.2) is 0 Å². The van der Waals surface area contributed by atoms with E-state index >= 15 is 0 Å². The molecule has 0 amide bonds. The number of hydrogen-bond donors (Lipinski definition) is 1. The maximum absolute atomic E-state index is 3.66. The topological polar surface area (TPSA) is 12.0 Å². The zero-order valence-electron chi connectivity index (χ0n) is 9.47. The molecule has 1 aliphatic carbocycles. The van der Waals surface area contributed by atoms with Crippen LogP contribution in [-0.2, 0) is 6.42 Å². The van der Waals surface area contributed by atoms with Gasteiger partial charge in [-0.1, -0.05) is 12.1 Å². The minimum atomic E-state index is 0.682. The van der Waals surface area contributed by atoms with Gasteiger partial charge in [-0.3, -0.25) is 0 Å². The molecule has 1 heteroatoms. The van der Waals surface area contributed by atoms with Gasteiger partial charge in [-0.2, -0.15) is 0 Å². The number of nitrogens with one attached hydrogen (secondary N) is 1. The van der Waals surface area contributed by atoms with E-state index in [0.29, 0.717) is 5.41 Å². The molecule has 1 aromatic rings. The summed E-state index contributed by atoms with van der Waals surface area (Å²) in [4.78, 5) is 0. The molecule has 15 heavy (non-hydrogen) atoms. The first kappa shape index (κ1) is 9.26. The lowest BCUT2D eigenvalue weighted by Crippen LogP contribution is -2.19. The van der Waals surface area contributed by atoms with Crippen LogP contribution < -0.4 is 5.32 Å². The van der Waals surface area contributed by atoms with E-state index < -0.39 is 0 Å². The van der Waals surface area contributed by atoms with E-state index in [2.05, 4.69) is 30.4 Å². The van der Waals surface area contributed by atoms with Gasteiger partial charge in [-0.15, -0.1) is 0 Å². The van der Waals surface area contributed by atoms with Gasteiger partial charge in [0, 0.05) is 12.2 Å². The van der Waals surface area contributed by atoms with Crippen LogP contribution in [0.3, 0.4) is 0 Å². The maximum Gasteiger partial charge on any atom is 0.0375 e. The van der Waals surface area contributed by atoms with E-state index in [0.717, 1.165) is 0 Å². The molecule has 1 nitrogen and oxygen atoms in total. The molecule has 1 aromatic carbocycles. The molecular formula is C14H19N. The molecule has 1 N–H and O–H groups in total. The summed E-state index contributed by atoms with van der Waals surface area (Å²) < 4.78 is 0. The second kappa shape index (κ2) is 3.26. The van der Waals surface area contributed by atoms with E-state index in [-0.39, 0.29) is 0 Å². The minimum absolute atomic E-state index is 0.682. The summed E-state index contributed by atoms with van der Waals surface area (Å²) in [6.07, 6.45) is 6.94. The summed E-state index contributed by atoms with van der Waals surface area (Å²) in [5.41, 5.74) is 4.95. The van der Waals surface area contributed by atoms with E-state index in [1.807, 2.05) is 0 Å². The average molecular weight is 201 g/mol. The van der Waals surface area contributed by atoms with Gasteiger partial charge in [0.25, 0.3) is 0 Å². The van der Waals surface area contributed by atoms with E-state index in [1.54, 1.807) is 0 Å². The van der Waals surface area contributed by atoms with Crippen LogP contribution in [0.5, 0.6) is 0 Å². The van der Waals surface area contributed by atoms with Gasteiger partial charge in [0.1, 0.15) is 0 Å². The van der Waals surface area contributed by atoms with Crippen molar-refractivity contribution in [3.8, 4) is 0 Å². The van der Waals surface area contributed by atoms with E-state index in [9.17, 15) is 0 Å². The highest BCUT2D eigenvalue weighted by atomic mass is 14.9. The predicted molar refractivity (Wildman–Crippen MR) is 64.3 cm³/mol. The summed E-state index contributed by atoms with van der Waals surface area (Å²) in [7, 11) is 0. The van der Waals surface area contributed by atoms with Gasteiger partial charge in [-0.25, -0.2) is 0 Å². The standard InChI is InChI=1S/C14H19N/c1-11-4-5-12-3-2-6-14(7-8-14)10-15-13(12)9-11/h4-5,9,15H,2-3,6-8,10H2,1H3. The van der Waals surface area contributed by atoms with E-state index in [1.165, 1.54) is 55.5 Å². The molecule has 0 unspecified atom stereocenters. The molecule has 1 heterocycles. The van der Waals surface area contributed by atoms with Gasteiger partial charge in [0.05, 0.1) is 0 Å². The SMILES string of the molecule is Cc1ccc2c(c1)NCC1(CCC2)CC1. The Morgan fingerprint density at radius 1 is 1.20 bits per heavy atom. The molecule has 0 atom stereocenters.